The molecule has 0 saturated heterocycles. The molecule has 1 aromatic heterocycles. The van der Waals surface area contributed by atoms with Gasteiger partial charge in [0.15, 0.2) is 0 Å². The van der Waals surface area contributed by atoms with Gasteiger partial charge in [-0.3, -0.25) is 0 Å². The highest BCUT2D eigenvalue weighted by Crippen LogP contribution is 2.25. The number of benzene rings is 1. The molecule has 0 amide bonds. The van der Waals surface area contributed by atoms with Crippen LogP contribution in [0.2, 0.25) is 0 Å². The molecule has 20 heavy (non-hydrogen) atoms. The van der Waals surface area contributed by atoms with Crippen LogP contribution in [-0.2, 0) is 19.3 Å². The number of fused-ring (bicyclic) bond motifs is 1. The highest BCUT2D eigenvalue weighted by molar-refractivity contribution is 6.18. The average Bonchev–Trinajstić information content (AvgIpc) is 2.97. The summed E-state index contributed by atoms with van der Waals surface area (Å²) in [4.78, 5) is 8.75. The Labute approximate surface area is 124 Å². The van der Waals surface area contributed by atoms with Gasteiger partial charge in [-0.05, 0) is 31.2 Å². The number of aromatic nitrogens is 2. The molecule has 1 aliphatic carbocycles. The van der Waals surface area contributed by atoms with E-state index in [-0.39, 0.29) is 6.04 Å². The van der Waals surface area contributed by atoms with Crippen LogP contribution in [-0.4, -0.2) is 21.9 Å². The summed E-state index contributed by atoms with van der Waals surface area (Å²) in [5.74, 6) is 1.53. The second kappa shape index (κ2) is 6.23. The molecule has 0 spiro atoms. The maximum absolute atomic E-state index is 6.11. The summed E-state index contributed by atoms with van der Waals surface area (Å²) in [5, 5.41) is 3.49. The van der Waals surface area contributed by atoms with Crippen molar-refractivity contribution in [1.29, 1.82) is 0 Å². The van der Waals surface area contributed by atoms with Crippen LogP contribution >= 0.6 is 11.6 Å². The minimum Gasteiger partial charge on any atom is -0.365 e. The Bertz CT molecular complexity index is 571. The van der Waals surface area contributed by atoms with Crippen LogP contribution in [0.15, 0.2) is 36.7 Å². The van der Waals surface area contributed by atoms with E-state index in [9.17, 15) is 0 Å². The molecule has 1 atom stereocenters. The first kappa shape index (κ1) is 13.4. The lowest BCUT2D eigenvalue weighted by molar-refractivity contribution is 0.786. The predicted octanol–water partition coefficient (Wildman–Crippen LogP) is 3.23. The Morgan fingerprint density at radius 3 is 2.80 bits per heavy atom. The Hall–Kier alpha value is -1.61. The highest BCUT2D eigenvalue weighted by atomic mass is 35.5. The normalized spacial score (nSPS) is 14.8. The molecule has 1 heterocycles. The first-order chi connectivity index (χ1) is 9.86. The number of anilines is 1. The quantitative estimate of drug-likeness (QED) is 0.858. The van der Waals surface area contributed by atoms with E-state index in [1.54, 1.807) is 6.33 Å². The van der Waals surface area contributed by atoms with E-state index < -0.39 is 0 Å². The molecule has 104 valence electrons. The van der Waals surface area contributed by atoms with Crippen molar-refractivity contribution in [1.82, 2.24) is 9.97 Å². The minimum absolute atomic E-state index is 0.193. The molecular formula is C16H18ClN3. The summed E-state index contributed by atoms with van der Waals surface area (Å²) >= 11 is 6.11. The number of aryl methyl sites for hydroxylation is 1. The molecule has 0 radical (unpaired) electrons. The number of halogens is 1. The van der Waals surface area contributed by atoms with Crippen molar-refractivity contribution in [3.8, 4) is 0 Å². The lowest BCUT2D eigenvalue weighted by atomic mass is 10.1. The molecule has 0 bridgehead atoms. The molecule has 1 N–H and O–H groups in total. The summed E-state index contributed by atoms with van der Waals surface area (Å²) in [6.07, 6.45) is 5.87. The zero-order chi connectivity index (χ0) is 13.8. The SMILES string of the molecule is ClCC(Cc1ccccc1)Nc1ncnc2c1CCC2. The van der Waals surface area contributed by atoms with Crippen LogP contribution in [0, 0.1) is 0 Å². The van der Waals surface area contributed by atoms with Gasteiger partial charge < -0.3 is 5.32 Å². The molecule has 2 aromatic rings. The predicted molar refractivity (Wildman–Crippen MR) is 82.3 cm³/mol. The van der Waals surface area contributed by atoms with Gasteiger partial charge in [-0.2, -0.15) is 0 Å². The van der Waals surface area contributed by atoms with E-state index in [0.717, 1.165) is 25.1 Å². The first-order valence-corrected chi connectivity index (χ1v) is 7.59. The van der Waals surface area contributed by atoms with Crippen molar-refractivity contribution < 1.29 is 0 Å². The maximum Gasteiger partial charge on any atom is 0.133 e. The van der Waals surface area contributed by atoms with E-state index in [2.05, 4.69) is 39.6 Å². The number of alkyl halides is 1. The summed E-state index contributed by atoms with van der Waals surface area (Å²) in [6, 6.07) is 10.6. The van der Waals surface area contributed by atoms with Crippen LogP contribution < -0.4 is 5.32 Å². The van der Waals surface area contributed by atoms with Crippen molar-refractivity contribution in [2.24, 2.45) is 0 Å². The zero-order valence-corrected chi connectivity index (χ0v) is 12.1. The van der Waals surface area contributed by atoms with E-state index >= 15 is 0 Å². The van der Waals surface area contributed by atoms with Gasteiger partial charge in [-0.15, -0.1) is 11.6 Å². The van der Waals surface area contributed by atoms with Gasteiger partial charge >= 0.3 is 0 Å². The van der Waals surface area contributed by atoms with Crippen LogP contribution in [0.5, 0.6) is 0 Å². The van der Waals surface area contributed by atoms with Crippen LogP contribution in [0.3, 0.4) is 0 Å². The second-order valence-electron chi connectivity index (χ2n) is 5.19. The fourth-order valence-corrected chi connectivity index (χ4v) is 2.91. The molecule has 1 aromatic carbocycles. The Morgan fingerprint density at radius 1 is 1.15 bits per heavy atom. The molecule has 3 rings (SSSR count). The van der Waals surface area contributed by atoms with E-state index in [1.807, 2.05) is 6.07 Å². The third-order valence-corrected chi connectivity index (χ3v) is 4.10. The molecule has 0 saturated carbocycles. The Balaban J connectivity index is 1.74. The summed E-state index contributed by atoms with van der Waals surface area (Å²) in [6.45, 7) is 0. The minimum atomic E-state index is 0.193. The van der Waals surface area contributed by atoms with Crippen molar-refractivity contribution in [2.75, 3.05) is 11.2 Å². The molecule has 1 aliphatic rings. The van der Waals surface area contributed by atoms with Gasteiger partial charge in [0, 0.05) is 23.2 Å². The third-order valence-electron chi connectivity index (χ3n) is 3.73. The van der Waals surface area contributed by atoms with Gasteiger partial charge in [-0.1, -0.05) is 30.3 Å². The third kappa shape index (κ3) is 2.93. The van der Waals surface area contributed by atoms with E-state index in [0.29, 0.717) is 5.88 Å². The molecule has 1 unspecified atom stereocenters. The van der Waals surface area contributed by atoms with Crippen LogP contribution in [0.1, 0.15) is 23.2 Å². The summed E-state index contributed by atoms with van der Waals surface area (Å²) < 4.78 is 0. The number of hydrogen-bond acceptors (Lipinski definition) is 3. The lowest BCUT2D eigenvalue weighted by Gasteiger charge is -2.18. The average molecular weight is 288 g/mol. The second-order valence-corrected chi connectivity index (χ2v) is 5.49. The smallest absolute Gasteiger partial charge is 0.133 e. The zero-order valence-electron chi connectivity index (χ0n) is 11.3. The van der Waals surface area contributed by atoms with E-state index in [4.69, 9.17) is 11.6 Å². The number of nitrogens with one attached hydrogen (secondary N) is 1. The standard InChI is InChI=1S/C16H18ClN3/c17-10-13(9-12-5-2-1-3-6-12)20-16-14-7-4-8-15(14)18-11-19-16/h1-3,5-6,11,13H,4,7-10H2,(H,18,19,20). The number of rotatable bonds is 5. The fraction of sp³-hybridized carbons (Fsp3) is 0.375. The number of hydrogen-bond donors (Lipinski definition) is 1. The molecule has 3 nitrogen and oxygen atoms in total. The summed E-state index contributed by atoms with van der Waals surface area (Å²) in [5.41, 5.74) is 3.75. The molecule has 0 aliphatic heterocycles. The van der Waals surface area contributed by atoms with Gasteiger partial charge in [0.1, 0.15) is 12.1 Å². The highest BCUT2D eigenvalue weighted by Gasteiger charge is 2.19. The van der Waals surface area contributed by atoms with E-state index in [1.165, 1.54) is 23.2 Å². The van der Waals surface area contributed by atoms with Crippen molar-refractivity contribution in [2.45, 2.75) is 31.7 Å². The molecule has 0 fully saturated rings. The largest absolute Gasteiger partial charge is 0.365 e. The Morgan fingerprint density at radius 2 is 2.00 bits per heavy atom. The monoisotopic (exact) mass is 287 g/mol. The molecular weight excluding hydrogens is 270 g/mol. The van der Waals surface area contributed by atoms with Crippen LogP contribution in [0.4, 0.5) is 5.82 Å². The molecule has 4 heteroatoms. The van der Waals surface area contributed by atoms with Gasteiger partial charge in [0.05, 0.1) is 0 Å². The van der Waals surface area contributed by atoms with Crippen molar-refractivity contribution >= 4 is 17.4 Å². The Kier molecular flexibility index (Phi) is 4.16. The van der Waals surface area contributed by atoms with Gasteiger partial charge in [0.2, 0.25) is 0 Å². The van der Waals surface area contributed by atoms with Crippen molar-refractivity contribution in [3.63, 3.8) is 0 Å². The van der Waals surface area contributed by atoms with Crippen molar-refractivity contribution in [3.05, 3.63) is 53.5 Å². The fourth-order valence-electron chi connectivity index (χ4n) is 2.72. The number of nitrogens with zero attached hydrogens (tertiary/aromatic N) is 2. The lowest BCUT2D eigenvalue weighted by Crippen LogP contribution is -2.25. The first-order valence-electron chi connectivity index (χ1n) is 7.06. The topological polar surface area (TPSA) is 37.8 Å². The van der Waals surface area contributed by atoms with Gasteiger partial charge in [-0.25, -0.2) is 9.97 Å². The van der Waals surface area contributed by atoms with Crippen LogP contribution in [0.25, 0.3) is 0 Å². The van der Waals surface area contributed by atoms with Gasteiger partial charge in [0.25, 0.3) is 0 Å². The summed E-state index contributed by atoms with van der Waals surface area (Å²) in [7, 11) is 0. The maximum atomic E-state index is 6.11.